The zero-order valence-corrected chi connectivity index (χ0v) is 14.4. The predicted molar refractivity (Wildman–Crippen MR) is 82.5 cm³/mol. The summed E-state index contributed by atoms with van der Waals surface area (Å²) in [7, 11) is 1.66. The number of aromatic nitrogens is 2. The van der Waals surface area contributed by atoms with E-state index < -0.39 is 27.6 Å². The summed E-state index contributed by atoms with van der Waals surface area (Å²) in [5, 5.41) is 8.37. The maximum atomic E-state index is 12.1. The monoisotopic (exact) mass is 347 g/mol. The summed E-state index contributed by atoms with van der Waals surface area (Å²) in [6.07, 6.45) is 1.64. The van der Waals surface area contributed by atoms with Crippen LogP contribution in [0, 0.1) is 0 Å². The van der Waals surface area contributed by atoms with E-state index in [0.717, 1.165) is 0 Å². The van der Waals surface area contributed by atoms with Crippen LogP contribution in [0.3, 0.4) is 0 Å². The van der Waals surface area contributed by atoms with Gasteiger partial charge in [0.05, 0.1) is 26.9 Å². The zero-order valence-electron chi connectivity index (χ0n) is 13.6. The molecule has 0 aromatic carbocycles. The number of likely N-dealkylation sites (N-methyl/N-ethyl adjacent to an activating group) is 1. The van der Waals surface area contributed by atoms with Gasteiger partial charge in [0.25, 0.3) is 0 Å². The van der Waals surface area contributed by atoms with Crippen LogP contribution in [0.4, 0.5) is 0 Å². The first kappa shape index (κ1) is 19.3. The molecule has 0 unspecified atom stereocenters. The summed E-state index contributed by atoms with van der Waals surface area (Å²) in [5.41, 5.74) is 5.74. The smallest absolute Gasteiger partial charge is 0.321 e. The van der Waals surface area contributed by atoms with Crippen LogP contribution >= 0.6 is 0 Å². The van der Waals surface area contributed by atoms with Crippen molar-refractivity contribution in [2.75, 3.05) is 26.9 Å². The van der Waals surface area contributed by atoms with Crippen LogP contribution in [0.25, 0.3) is 0 Å². The highest BCUT2D eigenvalue weighted by Gasteiger charge is 2.31. The number of hydrogen-bond donors (Lipinski definition) is 3. The lowest BCUT2D eigenvalue weighted by atomic mass is 10.1. The minimum Gasteiger partial charge on any atom is -0.480 e. The van der Waals surface area contributed by atoms with Gasteiger partial charge in [0, 0.05) is 25.2 Å². The number of aliphatic carboxylic acids is 1. The number of carboxylic acids is 1. The van der Waals surface area contributed by atoms with Crippen molar-refractivity contribution < 1.29 is 27.6 Å². The van der Waals surface area contributed by atoms with Crippen molar-refractivity contribution in [2.45, 2.75) is 30.6 Å². The molecule has 4 N–H and O–H groups in total. The van der Waals surface area contributed by atoms with Crippen molar-refractivity contribution >= 4 is 21.6 Å². The SMILES string of the molecule is CC(=O)[C@H](Cc1cnc(S(=O)(=O)C[C@H](N)C(=O)O)[nH]1)[N+](C)(C)C. The molecule has 0 saturated carbocycles. The van der Waals surface area contributed by atoms with Gasteiger partial charge < -0.3 is 20.3 Å². The number of nitrogens with two attached hydrogens (primary N) is 1. The second-order valence-corrected chi connectivity index (χ2v) is 8.34. The minimum absolute atomic E-state index is 0.0237. The van der Waals surface area contributed by atoms with Crippen LogP contribution in [0.15, 0.2) is 11.4 Å². The summed E-state index contributed by atoms with van der Waals surface area (Å²) in [6.45, 7) is 1.48. The number of nitrogens with zero attached hydrogens (tertiary/aromatic N) is 2. The Morgan fingerprint density at radius 1 is 1.39 bits per heavy atom. The molecule has 1 aromatic rings. The number of carbonyl (C=O) groups is 2. The second kappa shape index (κ2) is 6.77. The van der Waals surface area contributed by atoms with Crippen LogP contribution in [-0.4, -0.2) is 78.7 Å². The van der Waals surface area contributed by atoms with Gasteiger partial charge in [-0.2, -0.15) is 0 Å². The van der Waals surface area contributed by atoms with Crippen LogP contribution in [0.5, 0.6) is 0 Å². The van der Waals surface area contributed by atoms with E-state index >= 15 is 0 Å². The Morgan fingerprint density at radius 2 is 1.96 bits per heavy atom. The number of Topliss-reactive ketones (excluding diaryl/α,β-unsaturated/α-hetero) is 1. The van der Waals surface area contributed by atoms with Crippen molar-refractivity contribution in [3.63, 3.8) is 0 Å². The molecule has 10 heteroatoms. The van der Waals surface area contributed by atoms with Crippen LogP contribution in [-0.2, 0) is 25.8 Å². The molecule has 0 aliphatic heterocycles. The molecule has 130 valence electrons. The average molecular weight is 347 g/mol. The number of carboxylic acid groups (broad SMARTS) is 1. The molecular weight excluding hydrogens is 324 g/mol. The number of ketones is 1. The Labute approximate surface area is 135 Å². The van der Waals surface area contributed by atoms with Crippen molar-refractivity contribution in [1.82, 2.24) is 9.97 Å². The summed E-state index contributed by atoms with van der Waals surface area (Å²) in [4.78, 5) is 28.9. The number of rotatable bonds is 8. The van der Waals surface area contributed by atoms with Crippen molar-refractivity contribution in [3.05, 3.63) is 11.9 Å². The van der Waals surface area contributed by atoms with Gasteiger partial charge in [0.15, 0.2) is 11.8 Å². The van der Waals surface area contributed by atoms with Gasteiger partial charge in [-0.05, 0) is 0 Å². The highest BCUT2D eigenvalue weighted by Crippen LogP contribution is 2.14. The van der Waals surface area contributed by atoms with E-state index in [4.69, 9.17) is 10.8 Å². The second-order valence-electron chi connectivity index (χ2n) is 6.39. The third-order valence-corrected chi connectivity index (χ3v) is 5.03. The van der Waals surface area contributed by atoms with Gasteiger partial charge in [0.2, 0.25) is 15.0 Å². The van der Waals surface area contributed by atoms with E-state index in [9.17, 15) is 18.0 Å². The largest absolute Gasteiger partial charge is 0.480 e. The third kappa shape index (κ3) is 5.12. The molecule has 2 atom stereocenters. The topological polar surface area (TPSA) is 143 Å². The molecule has 1 heterocycles. The van der Waals surface area contributed by atoms with E-state index in [1.807, 2.05) is 21.1 Å². The molecule has 1 rings (SSSR count). The lowest BCUT2D eigenvalue weighted by Crippen LogP contribution is -2.50. The van der Waals surface area contributed by atoms with Crippen LogP contribution in [0.1, 0.15) is 12.6 Å². The molecule has 9 nitrogen and oxygen atoms in total. The number of sulfone groups is 1. The minimum atomic E-state index is -3.94. The standard InChI is InChI=1S/C13H22N4O5S/c1-8(18)11(17(2,3)4)5-9-6-15-13(16-9)23(21,22)7-10(14)12(19)20/h6,10-11H,5,7,14H2,1-4H3,(H-,15,16,19,20)/p+1/t10-,11-/m0/s1. The Hall–Kier alpha value is -1.78. The average Bonchev–Trinajstić information content (AvgIpc) is 2.82. The third-order valence-electron chi connectivity index (χ3n) is 3.43. The highest BCUT2D eigenvalue weighted by atomic mass is 32.2. The highest BCUT2D eigenvalue weighted by molar-refractivity contribution is 7.91. The van der Waals surface area contributed by atoms with Gasteiger partial charge in [-0.15, -0.1) is 0 Å². The molecule has 0 aliphatic rings. The van der Waals surface area contributed by atoms with Crippen molar-refractivity contribution in [1.29, 1.82) is 0 Å². The lowest BCUT2D eigenvalue weighted by molar-refractivity contribution is -0.886. The lowest BCUT2D eigenvalue weighted by Gasteiger charge is -2.32. The number of quaternary nitrogens is 1. The van der Waals surface area contributed by atoms with Gasteiger partial charge >= 0.3 is 5.97 Å². The number of imidazole rings is 1. The first-order valence-corrected chi connectivity index (χ1v) is 8.56. The van der Waals surface area contributed by atoms with E-state index in [0.29, 0.717) is 16.6 Å². The number of H-pyrrole nitrogens is 1. The van der Waals surface area contributed by atoms with Gasteiger partial charge in [-0.1, -0.05) is 0 Å². The van der Waals surface area contributed by atoms with Gasteiger partial charge in [0.1, 0.15) is 6.04 Å². The molecule has 0 spiro atoms. The summed E-state index contributed by atoms with van der Waals surface area (Å²) >= 11 is 0. The molecule has 0 radical (unpaired) electrons. The fourth-order valence-electron chi connectivity index (χ4n) is 2.16. The summed E-state index contributed by atoms with van der Waals surface area (Å²) in [6, 6.07) is -1.88. The molecule has 0 amide bonds. The van der Waals surface area contributed by atoms with Gasteiger partial charge in [-0.25, -0.2) is 13.4 Å². The number of hydrogen-bond acceptors (Lipinski definition) is 6. The van der Waals surface area contributed by atoms with Crippen molar-refractivity contribution in [2.24, 2.45) is 5.73 Å². The Kier molecular flexibility index (Phi) is 5.67. The van der Waals surface area contributed by atoms with Crippen LogP contribution < -0.4 is 5.73 Å². The quantitative estimate of drug-likeness (QED) is 0.501. The normalized spacial score (nSPS) is 15.2. The Balaban J connectivity index is 2.97. The Morgan fingerprint density at radius 3 is 2.39 bits per heavy atom. The van der Waals surface area contributed by atoms with Crippen molar-refractivity contribution in [3.8, 4) is 0 Å². The van der Waals surface area contributed by atoms with E-state index in [2.05, 4.69) is 9.97 Å². The maximum absolute atomic E-state index is 12.1. The zero-order chi connectivity index (χ0) is 18.0. The molecule has 1 aromatic heterocycles. The maximum Gasteiger partial charge on any atom is 0.321 e. The van der Waals surface area contributed by atoms with E-state index in [1.54, 1.807) is 0 Å². The number of aromatic amines is 1. The van der Waals surface area contributed by atoms with Crippen LogP contribution in [0.2, 0.25) is 0 Å². The molecule has 0 fully saturated rings. The molecule has 0 aliphatic carbocycles. The summed E-state index contributed by atoms with van der Waals surface area (Å²) in [5.74, 6) is -2.17. The fraction of sp³-hybridized carbons (Fsp3) is 0.615. The number of carbonyl (C=O) groups excluding carboxylic acids is 1. The fourth-order valence-corrected chi connectivity index (χ4v) is 3.43. The Bertz CT molecular complexity index is 689. The number of nitrogens with one attached hydrogen (secondary N) is 1. The summed E-state index contributed by atoms with van der Waals surface area (Å²) < 4.78 is 24.5. The van der Waals surface area contributed by atoms with E-state index in [-0.39, 0.29) is 17.0 Å². The van der Waals surface area contributed by atoms with E-state index in [1.165, 1.54) is 13.1 Å². The molecular formula is C13H23N4O5S+. The molecule has 23 heavy (non-hydrogen) atoms. The first-order valence-electron chi connectivity index (χ1n) is 6.91. The first-order chi connectivity index (χ1) is 10.3. The predicted octanol–water partition coefficient (Wildman–Crippen LogP) is -1.20. The van der Waals surface area contributed by atoms with Gasteiger partial charge in [-0.3, -0.25) is 9.59 Å². The molecule has 0 saturated heterocycles. The molecule has 0 bridgehead atoms.